The van der Waals surface area contributed by atoms with Gasteiger partial charge in [0.05, 0.1) is 5.69 Å². The zero-order chi connectivity index (χ0) is 8.81. The van der Waals surface area contributed by atoms with Gasteiger partial charge in [-0.2, -0.15) is 0 Å². The van der Waals surface area contributed by atoms with Gasteiger partial charge in [-0.3, -0.25) is 0 Å². The summed E-state index contributed by atoms with van der Waals surface area (Å²) in [5, 5.41) is 11.7. The normalized spacial score (nSPS) is 10.1. The summed E-state index contributed by atoms with van der Waals surface area (Å²) < 4.78 is 0. The van der Waals surface area contributed by atoms with E-state index in [2.05, 4.69) is 20.9 Å². The average molecular weight is 164 g/mol. The second-order valence-corrected chi connectivity index (χ2v) is 2.07. The molecule has 0 aliphatic rings. The van der Waals surface area contributed by atoms with Gasteiger partial charge in [-0.15, -0.1) is 10.0 Å². The zero-order valence-corrected chi connectivity index (χ0v) is 6.56. The van der Waals surface area contributed by atoms with E-state index in [1.54, 1.807) is 12.1 Å². The van der Waals surface area contributed by atoms with Crippen LogP contribution in [0.5, 0.6) is 0 Å². The summed E-state index contributed by atoms with van der Waals surface area (Å²) in [6, 6.07) is 7.14. The maximum Gasteiger partial charge on any atom is 0.100 e. The van der Waals surface area contributed by atoms with Crippen LogP contribution in [-0.4, -0.2) is 7.05 Å². The van der Waals surface area contributed by atoms with Crippen LogP contribution in [0.4, 0.5) is 11.4 Å². The second-order valence-electron chi connectivity index (χ2n) is 2.07. The molecule has 0 atom stereocenters. The van der Waals surface area contributed by atoms with Gasteiger partial charge in [-0.05, 0) is 29.5 Å². The standard InChI is InChI=1S/C7H8N4O/c1-8-6-2-4-7(5-3-6)9-10-11-12/h2-5,8H,1H3. The van der Waals surface area contributed by atoms with Gasteiger partial charge in [0.2, 0.25) is 0 Å². The van der Waals surface area contributed by atoms with Crippen LogP contribution in [0, 0.1) is 4.91 Å². The molecule has 0 heterocycles. The molecule has 0 amide bonds. The van der Waals surface area contributed by atoms with Crippen LogP contribution in [0.15, 0.2) is 39.9 Å². The molecule has 62 valence electrons. The third-order valence-electron chi connectivity index (χ3n) is 1.35. The fraction of sp³-hybridized carbons (Fsp3) is 0.143. The highest BCUT2D eigenvalue weighted by atomic mass is 16.3. The third-order valence-corrected chi connectivity index (χ3v) is 1.35. The minimum atomic E-state index is 0.605. The lowest BCUT2D eigenvalue weighted by Crippen LogP contribution is -1.84. The first-order chi connectivity index (χ1) is 5.86. The van der Waals surface area contributed by atoms with Gasteiger partial charge in [-0.25, -0.2) is 0 Å². The molecular weight excluding hydrogens is 156 g/mol. The van der Waals surface area contributed by atoms with Crippen molar-refractivity contribution >= 4 is 11.4 Å². The van der Waals surface area contributed by atoms with Crippen LogP contribution >= 0.6 is 0 Å². The molecule has 0 aliphatic heterocycles. The highest BCUT2D eigenvalue weighted by Gasteiger charge is 1.89. The summed E-state index contributed by atoms with van der Waals surface area (Å²) >= 11 is 0. The Kier molecular flexibility index (Phi) is 2.89. The van der Waals surface area contributed by atoms with Crippen LogP contribution in [-0.2, 0) is 0 Å². The monoisotopic (exact) mass is 164 g/mol. The molecule has 5 nitrogen and oxygen atoms in total. The Labute approximate surface area is 69.5 Å². The number of nitrogens with one attached hydrogen (secondary N) is 1. The van der Waals surface area contributed by atoms with Crippen molar-refractivity contribution in [2.75, 3.05) is 12.4 Å². The van der Waals surface area contributed by atoms with E-state index in [4.69, 9.17) is 0 Å². The molecule has 0 saturated carbocycles. The first-order valence-corrected chi connectivity index (χ1v) is 3.38. The number of nitroso groups, excluding NO2 is 1. The maximum atomic E-state index is 9.58. The molecule has 0 spiro atoms. The molecule has 0 radical (unpaired) electrons. The van der Waals surface area contributed by atoms with Gasteiger partial charge < -0.3 is 5.32 Å². The average Bonchev–Trinajstić information content (AvgIpc) is 2.15. The summed E-state index contributed by atoms with van der Waals surface area (Å²) in [5.74, 6) is 0. The molecule has 0 aliphatic carbocycles. The van der Waals surface area contributed by atoms with Gasteiger partial charge >= 0.3 is 0 Å². The number of nitrogens with zero attached hydrogens (tertiary/aromatic N) is 3. The van der Waals surface area contributed by atoms with Crippen molar-refractivity contribution in [2.45, 2.75) is 0 Å². The van der Waals surface area contributed by atoms with Gasteiger partial charge in [0.1, 0.15) is 5.29 Å². The quantitative estimate of drug-likeness (QED) is 0.423. The zero-order valence-electron chi connectivity index (χ0n) is 6.56. The number of benzene rings is 1. The fourth-order valence-corrected chi connectivity index (χ4v) is 0.765. The summed E-state index contributed by atoms with van der Waals surface area (Å²) in [4.78, 5) is 9.58. The van der Waals surface area contributed by atoms with E-state index in [1.165, 1.54) is 0 Å². The van der Waals surface area contributed by atoms with Crippen molar-refractivity contribution in [1.82, 2.24) is 0 Å². The molecule has 0 saturated heterocycles. The molecule has 12 heavy (non-hydrogen) atoms. The lowest BCUT2D eigenvalue weighted by Gasteiger charge is -1.97. The first-order valence-electron chi connectivity index (χ1n) is 3.38. The summed E-state index contributed by atoms with van der Waals surface area (Å²) in [6.45, 7) is 0. The molecule has 1 N–H and O–H groups in total. The molecular formula is C7H8N4O. The molecule has 1 aromatic carbocycles. The van der Waals surface area contributed by atoms with E-state index < -0.39 is 0 Å². The predicted molar refractivity (Wildman–Crippen MR) is 46.3 cm³/mol. The van der Waals surface area contributed by atoms with Crippen molar-refractivity contribution < 1.29 is 0 Å². The highest BCUT2D eigenvalue weighted by Crippen LogP contribution is 2.15. The SMILES string of the molecule is CNc1ccc(N=NN=O)cc1. The number of hydrogen-bond acceptors (Lipinski definition) is 3. The largest absolute Gasteiger partial charge is 0.388 e. The minimum Gasteiger partial charge on any atom is -0.388 e. The van der Waals surface area contributed by atoms with E-state index in [0.717, 1.165) is 5.69 Å². The molecule has 5 heteroatoms. The van der Waals surface area contributed by atoms with Gasteiger partial charge in [0, 0.05) is 12.7 Å². The van der Waals surface area contributed by atoms with Crippen LogP contribution in [0.1, 0.15) is 0 Å². The summed E-state index contributed by atoms with van der Waals surface area (Å²) in [6.07, 6.45) is 0. The lowest BCUT2D eigenvalue weighted by atomic mass is 10.3. The Morgan fingerprint density at radius 2 is 1.92 bits per heavy atom. The van der Waals surface area contributed by atoms with E-state index in [9.17, 15) is 4.91 Å². The van der Waals surface area contributed by atoms with Crippen molar-refractivity contribution in [3.63, 3.8) is 0 Å². The van der Waals surface area contributed by atoms with Crippen LogP contribution in [0.3, 0.4) is 0 Å². The minimum absolute atomic E-state index is 0.605. The Hall–Kier alpha value is -1.78. The predicted octanol–water partition coefficient (Wildman–Crippen LogP) is 2.49. The summed E-state index contributed by atoms with van der Waals surface area (Å²) in [7, 11) is 1.82. The second kappa shape index (κ2) is 4.17. The summed E-state index contributed by atoms with van der Waals surface area (Å²) in [5.41, 5.74) is 1.58. The molecule has 0 fully saturated rings. The molecule has 0 unspecified atom stereocenters. The molecule has 1 rings (SSSR count). The van der Waals surface area contributed by atoms with Gasteiger partial charge in [-0.1, -0.05) is 0 Å². The van der Waals surface area contributed by atoms with Gasteiger partial charge in [0.25, 0.3) is 0 Å². The number of rotatable bonds is 3. The number of anilines is 1. The Morgan fingerprint density at radius 3 is 2.42 bits per heavy atom. The van der Waals surface area contributed by atoms with Crippen molar-refractivity contribution in [3.8, 4) is 0 Å². The van der Waals surface area contributed by atoms with Crippen molar-refractivity contribution in [3.05, 3.63) is 29.2 Å². The Bertz CT molecular complexity index is 280. The Balaban J connectivity index is 2.77. The molecule has 1 aromatic rings. The lowest BCUT2D eigenvalue weighted by molar-refractivity contribution is 1.05. The van der Waals surface area contributed by atoms with Crippen molar-refractivity contribution in [1.29, 1.82) is 0 Å². The van der Waals surface area contributed by atoms with E-state index in [0.29, 0.717) is 5.69 Å². The van der Waals surface area contributed by atoms with Crippen LogP contribution < -0.4 is 5.32 Å². The Morgan fingerprint density at radius 1 is 1.25 bits per heavy atom. The topological polar surface area (TPSA) is 66.2 Å². The van der Waals surface area contributed by atoms with E-state index in [-0.39, 0.29) is 0 Å². The molecule has 0 aromatic heterocycles. The highest BCUT2D eigenvalue weighted by molar-refractivity contribution is 5.49. The van der Waals surface area contributed by atoms with Gasteiger partial charge in [0.15, 0.2) is 0 Å². The fourth-order valence-electron chi connectivity index (χ4n) is 0.765. The van der Waals surface area contributed by atoms with Crippen LogP contribution in [0.2, 0.25) is 0 Å². The van der Waals surface area contributed by atoms with E-state index in [1.807, 2.05) is 19.2 Å². The number of hydrogen-bond donors (Lipinski definition) is 1. The smallest absolute Gasteiger partial charge is 0.100 e. The van der Waals surface area contributed by atoms with E-state index >= 15 is 0 Å². The first kappa shape index (κ1) is 8.32. The maximum absolute atomic E-state index is 9.58. The molecule has 0 bridgehead atoms. The van der Waals surface area contributed by atoms with Crippen molar-refractivity contribution in [2.24, 2.45) is 15.6 Å². The third kappa shape index (κ3) is 2.12. The van der Waals surface area contributed by atoms with Crippen LogP contribution in [0.25, 0.3) is 0 Å².